The van der Waals surface area contributed by atoms with Gasteiger partial charge in [-0.1, -0.05) is 43.7 Å². The molecule has 164 valence electrons. The summed E-state index contributed by atoms with van der Waals surface area (Å²) < 4.78 is 30.2. The van der Waals surface area contributed by atoms with Gasteiger partial charge in [0, 0.05) is 29.5 Å². The fourth-order valence-corrected chi connectivity index (χ4v) is 5.31. The average molecular weight is 439 g/mol. The Labute approximate surface area is 185 Å². The minimum absolute atomic E-state index is 0.0740. The van der Waals surface area contributed by atoms with Gasteiger partial charge in [-0.15, -0.1) is 0 Å². The van der Waals surface area contributed by atoms with Gasteiger partial charge in [0.15, 0.2) is 9.84 Å². The zero-order valence-electron chi connectivity index (χ0n) is 18.2. The van der Waals surface area contributed by atoms with Crippen molar-refractivity contribution in [3.63, 3.8) is 0 Å². The molecule has 1 aromatic heterocycles. The Morgan fingerprint density at radius 3 is 2.61 bits per heavy atom. The molecule has 1 saturated heterocycles. The number of piperidine rings is 1. The van der Waals surface area contributed by atoms with E-state index in [0.717, 1.165) is 30.0 Å². The van der Waals surface area contributed by atoms with Gasteiger partial charge in [-0.3, -0.25) is 4.90 Å². The van der Waals surface area contributed by atoms with Gasteiger partial charge in [-0.05, 0) is 55.3 Å². The fraction of sp³-hybridized carbons (Fsp3) is 0.360. The minimum atomic E-state index is -3.29. The molecule has 1 aliphatic rings. The maximum Gasteiger partial charge on any atom is 0.178 e. The highest BCUT2D eigenvalue weighted by Gasteiger charge is 2.24. The number of sulfone groups is 1. The second-order valence-corrected chi connectivity index (χ2v) is 10.3. The highest BCUT2D eigenvalue weighted by atomic mass is 32.2. The van der Waals surface area contributed by atoms with E-state index in [1.165, 1.54) is 24.8 Å². The van der Waals surface area contributed by atoms with Crippen LogP contribution in [0.4, 0.5) is 0 Å². The average Bonchev–Trinajstić information content (AvgIpc) is 3.28. The number of H-pyrrole nitrogens is 1. The van der Waals surface area contributed by atoms with Crippen molar-refractivity contribution in [1.82, 2.24) is 9.88 Å². The molecule has 0 bridgehead atoms. The van der Waals surface area contributed by atoms with Crippen molar-refractivity contribution in [2.24, 2.45) is 0 Å². The highest BCUT2D eigenvalue weighted by Crippen LogP contribution is 2.34. The van der Waals surface area contributed by atoms with Crippen LogP contribution in [0, 0.1) is 0 Å². The first-order chi connectivity index (χ1) is 15.0. The first-order valence-electron chi connectivity index (χ1n) is 10.9. The molecule has 4 rings (SSSR count). The number of rotatable bonds is 7. The summed E-state index contributed by atoms with van der Waals surface area (Å²) in [5.41, 5.74) is 4.12. The minimum Gasteiger partial charge on any atom is -0.496 e. The molecular formula is C25H30N2O3S. The first kappa shape index (κ1) is 21.7. The van der Waals surface area contributed by atoms with Crippen LogP contribution in [0.2, 0.25) is 0 Å². The van der Waals surface area contributed by atoms with Gasteiger partial charge in [-0.2, -0.15) is 0 Å². The Morgan fingerprint density at radius 1 is 1.06 bits per heavy atom. The molecule has 6 heteroatoms. The maximum atomic E-state index is 12.4. The van der Waals surface area contributed by atoms with Crippen LogP contribution in [0.1, 0.15) is 43.5 Å². The number of benzene rings is 2. The Bertz CT molecular complexity index is 1120. The SMILES string of the molecule is CCS(=O)(=O)c1ccc(OC)c(-c2ccc(CN3CCCCC3c3ccccc3)[nH]2)c1. The lowest BCUT2D eigenvalue weighted by Gasteiger charge is -2.35. The fourth-order valence-electron chi connectivity index (χ4n) is 4.40. The molecule has 0 spiro atoms. The number of aromatic nitrogens is 1. The third-order valence-corrected chi connectivity index (χ3v) is 7.85. The van der Waals surface area contributed by atoms with Crippen LogP contribution >= 0.6 is 0 Å². The van der Waals surface area contributed by atoms with Gasteiger partial charge < -0.3 is 9.72 Å². The van der Waals surface area contributed by atoms with Crippen LogP contribution in [-0.2, 0) is 16.4 Å². The van der Waals surface area contributed by atoms with Crippen LogP contribution in [0.25, 0.3) is 11.3 Å². The van der Waals surface area contributed by atoms with Crippen LogP contribution in [0.15, 0.2) is 65.6 Å². The van der Waals surface area contributed by atoms with Crippen LogP contribution in [0.3, 0.4) is 0 Å². The van der Waals surface area contributed by atoms with Crippen LogP contribution in [-0.4, -0.2) is 37.7 Å². The molecule has 1 aliphatic heterocycles. The van der Waals surface area contributed by atoms with E-state index in [-0.39, 0.29) is 5.75 Å². The van der Waals surface area contributed by atoms with E-state index in [1.807, 2.05) is 6.07 Å². The Hall–Kier alpha value is -2.57. The van der Waals surface area contributed by atoms with E-state index in [2.05, 4.69) is 46.3 Å². The number of hydrogen-bond acceptors (Lipinski definition) is 4. The van der Waals surface area contributed by atoms with E-state index in [0.29, 0.717) is 16.7 Å². The molecule has 0 saturated carbocycles. The van der Waals surface area contributed by atoms with Crippen molar-refractivity contribution < 1.29 is 13.2 Å². The summed E-state index contributed by atoms with van der Waals surface area (Å²) in [4.78, 5) is 6.36. The predicted molar refractivity (Wildman–Crippen MR) is 124 cm³/mol. The summed E-state index contributed by atoms with van der Waals surface area (Å²) in [6.07, 6.45) is 3.63. The van der Waals surface area contributed by atoms with E-state index >= 15 is 0 Å². The lowest BCUT2D eigenvalue weighted by atomic mass is 9.95. The molecule has 0 radical (unpaired) electrons. The Kier molecular flexibility index (Phi) is 6.49. The molecule has 0 amide bonds. The summed E-state index contributed by atoms with van der Waals surface area (Å²) >= 11 is 0. The summed E-state index contributed by atoms with van der Waals surface area (Å²) in [6, 6.07) is 20.3. The predicted octanol–water partition coefficient (Wildman–Crippen LogP) is 5.21. The molecule has 2 aromatic carbocycles. The molecule has 1 N–H and O–H groups in total. The Morgan fingerprint density at radius 2 is 1.87 bits per heavy atom. The zero-order chi connectivity index (χ0) is 21.8. The van der Waals surface area contributed by atoms with Gasteiger partial charge in [0.05, 0.1) is 17.8 Å². The summed E-state index contributed by atoms with van der Waals surface area (Å²) in [5, 5.41) is 0. The highest BCUT2D eigenvalue weighted by molar-refractivity contribution is 7.91. The monoisotopic (exact) mass is 438 g/mol. The third-order valence-electron chi connectivity index (χ3n) is 6.12. The molecule has 31 heavy (non-hydrogen) atoms. The zero-order valence-corrected chi connectivity index (χ0v) is 19.0. The topological polar surface area (TPSA) is 62.4 Å². The number of ether oxygens (including phenoxy) is 1. The van der Waals surface area contributed by atoms with E-state index in [1.54, 1.807) is 32.2 Å². The van der Waals surface area contributed by atoms with E-state index in [9.17, 15) is 8.42 Å². The maximum absolute atomic E-state index is 12.4. The molecular weight excluding hydrogens is 408 g/mol. The van der Waals surface area contributed by atoms with Crippen molar-refractivity contribution in [1.29, 1.82) is 0 Å². The number of nitrogens with zero attached hydrogens (tertiary/aromatic N) is 1. The van der Waals surface area contributed by atoms with Crippen LogP contribution in [0.5, 0.6) is 5.75 Å². The van der Waals surface area contributed by atoms with Crippen molar-refractivity contribution in [2.75, 3.05) is 19.4 Å². The number of hydrogen-bond donors (Lipinski definition) is 1. The lowest BCUT2D eigenvalue weighted by Crippen LogP contribution is -2.33. The van der Waals surface area contributed by atoms with Gasteiger partial charge in [0.1, 0.15) is 5.75 Å². The summed E-state index contributed by atoms with van der Waals surface area (Å²) in [6.45, 7) is 3.56. The number of nitrogens with one attached hydrogen (secondary N) is 1. The first-order valence-corrected chi connectivity index (χ1v) is 12.5. The van der Waals surface area contributed by atoms with E-state index in [4.69, 9.17) is 4.74 Å². The standard InChI is InChI=1S/C25H30N2O3S/c1-3-31(28,29)21-13-15-25(30-2)22(17-21)23-14-12-20(26-23)18-27-16-8-7-11-24(27)19-9-5-4-6-10-19/h4-6,9-10,12-15,17,24,26H,3,7-8,11,16,18H2,1-2H3. The van der Waals surface area contributed by atoms with Gasteiger partial charge in [0.25, 0.3) is 0 Å². The number of methoxy groups -OCH3 is 1. The normalized spacial score (nSPS) is 17.5. The molecule has 0 aliphatic carbocycles. The number of aromatic amines is 1. The van der Waals surface area contributed by atoms with Gasteiger partial charge >= 0.3 is 0 Å². The molecule has 3 aromatic rings. The second kappa shape index (κ2) is 9.28. The molecule has 1 unspecified atom stereocenters. The van der Waals surface area contributed by atoms with Gasteiger partial charge in [0.2, 0.25) is 0 Å². The number of likely N-dealkylation sites (tertiary alicyclic amines) is 1. The third kappa shape index (κ3) is 4.70. The van der Waals surface area contributed by atoms with Crippen molar-refractivity contribution >= 4 is 9.84 Å². The smallest absolute Gasteiger partial charge is 0.178 e. The molecule has 1 atom stereocenters. The molecule has 5 nitrogen and oxygen atoms in total. The quantitative estimate of drug-likeness (QED) is 0.550. The van der Waals surface area contributed by atoms with Gasteiger partial charge in [-0.25, -0.2) is 8.42 Å². The molecule has 1 fully saturated rings. The molecule has 2 heterocycles. The Balaban J connectivity index is 1.60. The second-order valence-electron chi connectivity index (χ2n) is 8.06. The van der Waals surface area contributed by atoms with Crippen molar-refractivity contribution in [2.45, 2.75) is 43.7 Å². The lowest BCUT2D eigenvalue weighted by molar-refractivity contribution is 0.139. The largest absolute Gasteiger partial charge is 0.496 e. The summed E-state index contributed by atoms with van der Waals surface area (Å²) in [5.74, 6) is 0.730. The van der Waals surface area contributed by atoms with Crippen LogP contribution < -0.4 is 4.74 Å². The van der Waals surface area contributed by atoms with Crippen molar-refractivity contribution in [3.05, 3.63) is 71.9 Å². The van der Waals surface area contributed by atoms with Crippen molar-refractivity contribution in [3.8, 4) is 17.0 Å². The van der Waals surface area contributed by atoms with E-state index < -0.39 is 9.84 Å². The summed E-state index contributed by atoms with van der Waals surface area (Å²) in [7, 11) is -1.68.